The van der Waals surface area contributed by atoms with E-state index in [1.54, 1.807) is 6.08 Å². The quantitative estimate of drug-likeness (QED) is 0.663. The summed E-state index contributed by atoms with van der Waals surface area (Å²) in [5, 5.41) is 0. The van der Waals surface area contributed by atoms with Gasteiger partial charge in [0.1, 0.15) is 4.90 Å². The van der Waals surface area contributed by atoms with Crippen LogP contribution in [0.1, 0.15) is 17.5 Å². The summed E-state index contributed by atoms with van der Waals surface area (Å²) in [6.45, 7) is 0.282. The Morgan fingerprint density at radius 3 is 2.63 bits per heavy atom. The molecule has 1 N–H and O–H groups in total. The minimum atomic E-state index is -4.41. The first-order valence-corrected chi connectivity index (χ1v) is 10.4. The van der Waals surface area contributed by atoms with Crippen LogP contribution in [0.3, 0.4) is 0 Å². The lowest BCUT2D eigenvalue weighted by molar-refractivity contribution is -0.137. The molecule has 1 aliphatic rings. The van der Waals surface area contributed by atoms with Crippen molar-refractivity contribution in [3.63, 3.8) is 0 Å². The van der Waals surface area contributed by atoms with Crippen LogP contribution in [0.5, 0.6) is 5.88 Å². The molecule has 2 heterocycles. The predicted octanol–water partition coefficient (Wildman–Crippen LogP) is 3.11. The van der Waals surface area contributed by atoms with E-state index in [1.165, 1.54) is 41.9 Å². The summed E-state index contributed by atoms with van der Waals surface area (Å²) in [5.74, 6) is 0.317. The van der Waals surface area contributed by atoms with Gasteiger partial charge in [0.15, 0.2) is 0 Å². The highest BCUT2D eigenvalue weighted by molar-refractivity contribution is 7.89. The van der Waals surface area contributed by atoms with Crippen LogP contribution < -0.4 is 10.2 Å². The zero-order valence-electron chi connectivity index (χ0n) is 16.0. The number of rotatable bonds is 7. The maximum atomic E-state index is 12.7. The predicted molar refractivity (Wildman–Crippen MR) is 102 cm³/mol. The Hall–Kier alpha value is -2.63. The number of nitrogens with one attached hydrogen (secondary N) is 1. The summed E-state index contributed by atoms with van der Waals surface area (Å²) in [6, 6.07) is 7.77. The van der Waals surface area contributed by atoms with Crippen LogP contribution in [0, 0.1) is 0 Å². The van der Waals surface area contributed by atoms with Crippen LogP contribution in [-0.2, 0) is 27.6 Å². The molecule has 0 unspecified atom stereocenters. The van der Waals surface area contributed by atoms with Gasteiger partial charge in [0.2, 0.25) is 15.9 Å². The van der Waals surface area contributed by atoms with E-state index < -0.39 is 21.8 Å². The van der Waals surface area contributed by atoms with Gasteiger partial charge >= 0.3 is 6.18 Å². The van der Waals surface area contributed by atoms with Crippen molar-refractivity contribution < 1.29 is 31.2 Å². The highest BCUT2D eigenvalue weighted by Crippen LogP contribution is 2.29. The number of pyridine rings is 1. The summed E-state index contributed by atoms with van der Waals surface area (Å²) >= 11 is 0. The Kier molecular flexibility index (Phi) is 6.64. The second-order valence-electron chi connectivity index (χ2n) is 6.47. The number of alkyl halides is 3. The Morgan fingerprint density at radius 2 is 2.03 bits per heavy atom. The second-order valence-corrected chi connectivity index (χ2v) is 8.41. The number of methoxy groups -OCH3 is 1. The van der Waals surface area contributed by atoms with E-state index in [9.17, 15) is 21.6 Å². The number of hydrogen-bond acceptors (Lipinski definition) is 6. The van der Waals surface area contributed by atoms with Crippen molar-refractivity contribution >= 4 is 10.0 Å². The fourth-order valence-corrected chi connectivity index (χ4v) is 4.13. The number of hydrogen-bond donors (Lipinski definition) is 1. The molecule has 30 heavy (non-hydrogen) atoms. The Labute approximate surface area is 172 Å². The lowest BCUT2D eigenvalue weighted by Gasteiger charge is -2.26. The third-order valence-electron chi connectivity index (χ3n) is 4.42. The highest BCUT2D eigenvalue weighted by Gasteiger charge is 2.30. The molecule has 0 saturated carbocycles. The van der Waals surface area contributed by atoms with Gasteiger partial charge in [-0.25, -0.2) is 13.4 Å². The van der Waals surface area contributed by atoms with Crippen molar-refractivity contribution in [2.24, 2.45) is 0 Å². The van der Waals surface area contributed by atoms with Crippen LogP contribution in [0.15, 0.2) is 59.3 Å². The SMILES string of the molecule is COc1ccc(S(=O)(=O)N2CC=C(NOCc3cccc(C(F)(F)F)c3)CC2)cn1. The first-order chi connectivity index (χ1) is 14.2. The van der Waals surface area contributed by atoms with Crippen molar-refractivity contribution in [1.82, 2.24) is 14.8 Å². The Morgan fingerprint density at radius 1 is 1.23 bits per heavy atom. The number of sulfonamides is 1. The van der Waals surface area contributed by atoms with Crippen LogP contribution >= 0.6 is 0 Å². The minimum Gasteiger partial charge on any atom is -0.481 e. The Bertz CT molecular complexity index is 1010. The smallest absolute Gasteiger partial charge is 0.416 e. The molecule has 3 rings (SSSR count). The summed E-state index contributed by atoms with van der Waals surface area (Å²) in [6.07, 6.45) is -1.15. The van der Waals surface area contributed by atoms with Gasteiger partial charge in [0, 0.05) is 31.3 Å². The first kappa shape index (κ1) is 22.1. The van der Waals surface area contributed by atoms with E-state index in [1.807, 2.05) is 0 Å². The zero-order chi connectivity index (χ0) is 21.8. The van der Waals surface area contributed by atoms with E-state index in [-0.39, 0.29) is 24.6 Å². The average molecular weight is 443 g/mol. The maximum Gasteiger partial charge on any atom is 0.416 e. The summed E-state index contributed by atoms with van der Waals surface area (Å²) in [7, 11) is -2.26. The number of ether oxygens (including phenoxy) is 1. The molecule has 1 aromatic heterocycles. The number of aromatic nitrogens is 1. The van der Waals surface area contributed by atoms with Gasteiger partial charge in [-0.15, -0.1) is 0 Å². The first-order valence-electron chi connectivity index (χ1n) is 8.93. The van der Waals surface area contributed by atoms with E-state index in [0.717, 1.165) is 12.1 Å². The third kappa shape index (κ3) is 5.29. The molecule has 0 spiro atoms. The number of nitrogens with zero attached hydrogens (tertiary/aromatic N) is 2. The number of benzene rings is 1. The van der Waals surface area contributed by atoms with Crippen molar-refractivity contribution in [1.29, 1.82) is 0 Å². The molecule has 11 heteroatoms. The van der Waals surface area contributed by atoms with E-state index in [0.29, 0.717) is 23.6 Å². The largest absolute Gasteiger partial charge is 0.481 e. The second kappa shape index (κ2) is 9.02. The lowest BCUT2D eigenvalue weighted by atomic mass is 10.1. The molecule has 1 aromatic carbocycles. The van der Waals surface area contributed by atoms with Gasteiger partial charge in [0.25, 0.3) is 0 Å². The van der Waals surface area contributed by atoms with Gasteiger partial charge in [-0.2, -0.15) is 17.5 Å². The van der Waals surface area contributed by atoms with Crippen LogP contribution in [0.25, 0.3) is 0 Å². The monoisotopic (exact) mass is 443 g/mol. The fourth-order valence-electron chi connectivity index (χ4n) is 2.80. The molecule has 0 aliphatic carbocycles. The Balaban J connectivity index is 1.55. The van der Waals surface area contributed by atoms with Crippen molar-refractivity contribution in [3.05, 3.63) is 65.5 Å². The highest BCUT2D eigenvalue weighted by atomic mass is 32.2. The molecular weight excluding hydrogens is 423 g/mol. The number of hydroxylamine groups is 1. The molecule has 0 atom stereocenters. The van der Waals surface area contributed by atoms with Gasteiger partial charge in [-0.05, 0) is 29.8 Å². The van der Waals surface area contributed by atoms with E-state index >= 15 is 0 Å². The van der Waals surface area contributed by atoms with E-state index in [2.05, 4.69) is 10.5 Å². The minimum absolute atomic E-state index is 0.0638. The third-order valence-corrected chi connectivity index (χ3v) is 6.27. The normalized spacial score (nSPS) is 15.5. The molecular formula is C19H20F3N3O4S. The standard InChI is InChI=1S/C19H20F3N3O4S/c1-28-18-6-5-17(12-23-18)30(26,27)25-9-7-16(8-10-25)24-29-13-14-3-2-4-15(11-14)19(20,21)22/h2-7,11-12,24H,8-10,13H2,1H3. The lowest BCUT2D eigenvalue weighted by Crippen LogP contribution is -2.36. The molecule has 162 valence electrons. The molecule has 0 amide bonds. The van der Waals surface area contributed by atoms with Crippen LogP contribution in [-0.4, -0.2) is 37.9 Å². The molecule has 7 nitrogen and oxygen atoms in total. The fraction of sp³-hybridized carbons (Fsp3) is 0.316. The molecule has 0 fully saturated rings. The number of halogens is 3. The van der Waals surface area contributed by atoms with Crippen molar-refractivity contribution in [3.8, 4) is 5.88 Å². The van der Waals surface area contributed by atoms with Crippen molar-refractivity contribution in [2.75, 3.05) is 20.2 Å². The van der Waals surface area contributed by atoms with Gasteiger partial charge < -0.3 is 4.74 Å². The molecule has 0 radical (unpaired) electrons. The molecule has 1 aliphatic heterocycles. The van der Waals surface area contributed by atoms with Crippen molar-refractivity contribution in [2.45, 2.75) is 24.1 Å². The maximum absolute atomic E-state index is 12.7. The van der Waals surface area contributed by atoms with Crippen LogP contribution in [0.4, 0.5) is 13.2 Å². The average Bonchev–Trinajstić information content (AvgIpc) is 2.74. The molecule has 2 aromatic rings. The topological polar surface area (TPSA) is 80.8 Å². The molecule has 0 bridgehead atoms. The van der Waals surface area contributed by atoms with Crippen LogP contribution in [0.2, 0.25) is 0 Å². The summed E-state index contributed by atoms with van der Waals surface area (Å²) in [5.41, 5.74) is 2.96. The van der Waals surface area contributed by atoms with Gasteiger partial charge in [-0.1, -0.05) is 12.1 Å². The zero-order valence-corrected chi connectivity index (χ0v) is 16.8. The van der Waals surface area contributed by atoms with E-state index in [4.69, 9.17) is 9.57 Å². The summed E-state index contributed by atoms with van der Waals surface area (Å²) in [4.78, 5) is 9.26. The molecule has 0 saturated heterocycles. The van der Waals surface area contributed by atoms with Gasteiger partial charge in [0.05, 0.1) is 25.5 Å². The van der Waals surface area contributed by atoms with Gasteiger partial charge in [-0.3, -0.25) is 10.3 Å². The summed E-state index contributed by atoms with van der Waals surface area (Å²) < 4.78 is 69.8.